The summed E-state index contributed by atoms with van der Waals surface area (Å²) in [5, 5.41) is 13.3. The first kappa shape index (κ1) is 19.7. The number of fused-ring (bicyclic) bond motifs is 1. The van der Waals surface area contributed by atoms with Crippen molar-refractivity contribution in [3.63, 3.8) is 0 Å². The van der Waals surface area contributed by atoms with Crippen LogP contribution in [0.1, 0.15) is 51.2 Å². The van der Waals surface area contributed by atoms with Gasteiger partial charge in [0.25, 0.3) is 0 Å². The van der Waals surface area contributed by atoms with Crippen LogP contribution in [0.3, 0.4) is 0 Å². The van der Waals surface area contributed by atoms with Crippen molar-refractivity contribution < 1.29 is 14.6 Å². The molecule has 0 fully saturated rings. The molecule has 4 heteroatoms. The molecule has 0 amide bonds. The molecule has 2 atom stereocenters. The lowest BCUT2D eigenvalue weighted by atomic mass is 9.80. The van der Waals surface area contributed by atoms with Gasteiger partial charge in [0.1, 0.15) is 29.8 Å². The third-order valence-electron chi connectivity index (χ3n) is 4.85. The Labute approximate surface area is 162 Å². The maximum Gasteiger partial charge on any atom is 0.127 e. The normalized spacial score (nSPS) is 19.3. The van der Waals surface area contributed by atoms with E-state index in [0.29, 0.717) is 18.5 Å². The minimum atomic E-state index is -0.544. The first-order chi connectivity index (χ1) is 12.8. The number of ether oxygens (including phenoxy) is 2. The predicted molar refractivity (Wildman–Crippen MR) is 109 cm³/mol. The summed E-state index contributed by atoms with van der Waals surface area (Å²) in [5.74, 6) is 1.90. The molecule has 0 saturated heterocycles. The maximum absolute atomic E-state index is 10.1. The van der Waals surface area contributed by atoms with Crippen molar-refractivity contribution >= 4 is 0 Å². The third kappa shape index (κ3) is 5.24. The molecule has 2 unspecified atom stereocenters. The highest BCUT2D eigenvalue weighted by Crippen LogP contribution is 2.45. The van der Waals surface area contributed by atoms with Crippen LogP contribution >= 0.6 is 0 Å². The highest BCUT2D eigenvalue weighted by atomic mass is 16.5. The summed E-state index contributed by atoms with van der Waals surface area (Å²) in [6, 6.07) is 16.9. The van der Waals surface area contributed by atoms with Gasteiger partial charge in [-0.1, -0.05) is 50.2 Å². The lowest BCUT2D eigenvalue weighted by molar-refractivity contribution is 0.0758. The smallest absolute Gasteiger partial charge is 0.127 e. The van der Waals surface area contributed by atoms with Crippen molar-refractivity contribution in [3.05, 3.63) is 59.7 Å². The van der Waals surface area contributed by atoms with Crippen LogP contribution in [0.15, 0.2) is 48.5 Å². The van der Waals surface area contributed by atoms with Gasteiger partial charge < -0.3 is 19.9 Å². The zero-order valence-corrected chi connectivity index (χ0v) is 16.7. The molecule has 4 nitrogen and oxygen atoms in total. The van der Waals surface area contributed by atoms with E-state index >= 15 is 0 Å². The van der Waals surface area contributed by atoms with Crippen molar-refractivity contribution in [1.82, 2.24) is 5.32 Å². The molecule has 3 rings (SSSR count). The van der Waals surface area contributed by atoms with Gasteiger partial charge >= 0.3 is 0 Å². The van der Waals surface area contributed by atoms with Crippen molar-refractivity contribution in [1.29, 1.82) is 0 Å². The van der Waals surface area contributed by atoms with Gasteiger partial charge in [0.2, 0.25) is 0 Å². The van der Waals surface area contributed by atoms with E-state index in [9.17, 15) is 5.11 Å². The first-order valence-corrected chi connectivity index (χ1v) is 9.76. The summed E-state index contributed by atoms with van der Waals surface area (Å²) in [4.78, 5) is 0. The van der Waals surface area contributed by atoms with Gasteiger partial charge in [0.05, 0.1) is 0 Å². The predicted octanol–water partition coefficient (Wildman–Crippen LogP) is 4.12. The number of benzene rings is 2. The fourth-order valence-electron chi connectivity index (χ4n) is 3.53. The van der Waals surface area contributed by atoms with E-state index in [-0.39, 0.29) is 12.2 Å². The van der Waals surface area contributed by atoms with Crippen molar-refractivity contribution in [2.24, 2.45) is 0 Å². The summed E-state index contributed by atoms with van der Waals surface area (Å²) in [6.07, 6.45) is 0.391. The topological polar surface area (TPSA) is 50.7 Å². The van der Waals surface area contributed by atoms with E-state index in [1.165, 1.54) is 11.1 Å². The Morgan fingerprint density at radius 3 is 2.63 bits per heavy atom. The average molecular weight is 370 g/mol. The van der Waals surface area contributed by atoms with Gasteiger partial charge in [-0.3, -0.25) is 0 Å². The van der Waals surface area contributed by atoms with Crippen molar-refractivity contribution in [3.8, 4) is 11.5 Å². The van der Waals surface area contributed by atoms with Crippen LogP contribution in [0.5, 0.6) is 11.5 Å². The Bertz CT molecular complexity index is 743. The molecular weight excluding hydrogens is 338 g/mol. The van der Waals surface area contributed by atoms with Gasteiger partial charge in [-0.15, -0.1) is 0 Å². The van der Waals surface area contributed by atoms with Crippen LogP contribution in [0.4, 0.5) is 0 Å². The third-order valence-corrected chi connectivity index (χ3v) is 4.85. The summed E-state index contributed by atoms with van der Waals surface area (Å²) in [5.41, 5.74) is 2.25. The lowest BCUT2D eigenvalue weighted by Gasteiger charge is -2.38. The molecule has 27 heavy (non-hydrogen) atoms. The van der Waals surface area contributed by atoms with Crippen LogP contribution in [0.2, 0.25) is 0 Å². The highest BCUT2D eigenvalue weighted by Gasteiger charge is 2.34. The van der Waals surface area contributed by atoms with E-state index in [2.05, 4.69) is 63.3 Å². The SMILES string of the molecule is CC(C)NCC(O)COc1ccc2c(c1)OC(C)(C)CC2c1ccccc1. The summed E-state index contributed by atoms with van der Waals surface area (Å²) in [6.45, 7) is 9.13. The minimum Gasteiger partial charge on any atom is -0.491 e. The Balaban J connectivity index is 1.75. The van der Waals surface area contributed by atoms with E-state index in [0.717, 1.165) is 17.9 Å². The largest absolute Gasteiger partial charge is 0.491 e. The average Bonchev–Trinajstić information content (AvgIpc) is 2.63. The van der Waals surface area contributed by atoms with E-state index in [1.54, 1.807) is 0 Å². The number of hydrogen-bond acceptors (Lipinski definition) is 4. The molecular formula is C23H31NO3. The molecule has 2 N–H and O–H groups in total. The molecule has 146 valence electrons. The molecule has 0 radical (unpaired) electrons. The number of hydrogen-bond donors (Lipinski definition) is 2. The molecule has 0 bridgehead atoms. The Morgan fingerprint density at radius 2 is 1.93 bits per heavy atom. The molecule has 0 spiro atoms. The maximum atomic E-state index is 10.1. The van der Waals surface area contributed by atoms with Crippen LogP contribution in [-0.2, 0) is 0 Å². The second-order valence-electron chi connectivity index (χ2n) is 8.26. The summed E-state index contributed by atoms with van der Waals surface area (Å²) >= 11 is 0. The van der Waals surface area contributed by atoms with Crippen molar-refractivity contribution in [2.45, 2.75) is 57.8 Å². The van der Waals surface area contributed by atoms with Gasteiger partial charge in [0, 0.05) is 30.1 Å². The molecule has 2 aromatic carbocycles. The molecule has 1 heterocycles. The summed E-state index contributed by atoms with van der Waals surface area (Å²) < 4.78 is 12.0. The second kappa shape index (κ2) is 8.32. The van der Waals surface area contributed by atoms with E-state index in [4.69, 9.17) is 9.47 Å². The van der Waals surface area contributed by atoms with Crippen molar-refractivity contribution in [2.75, 3.05) is 13.2 Å². The number of rotatable bonds is 7. The summed E-state index contributed by atoms with van der Waals surface area (Å²) in [7, 11) is 0. The Hall–Kier alpha value is -2.04. The second-order valence-corrected chi connectivity index (χ2v) is 8.26. The van der Waals surface area contributed by atoms with Crippen LogP contribution < -0.4 is 14.8 Å². The van der Waals surface area contributed by atoms with Crippen LogP contribution in [0.25, 0.3) is 0 Å². The number of aliphatic hydroxyl groups is 1. The molecule has 0 saturated carbocycles. The minimum absolute atomic E-state index is 0.243. The molecule has 1 aliphatic heterocycles. The number of aliphatic hydroxyl groups excluding tert-OH is 1. The Kier molecular flexibility index (Phi) is 6.08. The van der Waals surface area contributed by atoms with E-state index in [1.807, 2.05) is 18.2 Å². The first-order valence-electron chi connectivity index (χ1n) is 9.76. The van der Waals surface area contributed by atoms with Crippen LogP contribution in [-0.4, -0.2) is 36.0 Å². The highest BCUT2D eigenvalue weighted by molar-refractivity contribution is 5.48. The standard InChI is InChI=1S/C23H31NO3/c1-16(2)24-14-18(25)15-26-19-10-11-20-21(17-8-6-5-7-9-17)13-23(3,4)27-22(20)12-19/h5-12,16,18,21,24-25H,13-15H2,1-4H3. The number of nitrogens with one attached hydrogen (secondary N) is 1. The van der Waals surface area contributed by atoms with Gasteiger partial charge in [-0.2, -0.15) is 0 Å². The van der Waals surface area contributed by atoms with Gasteiger partial charge in [-0.05, 0) is 31.9 Å². The molecule has 2 aromatic rings. The molecule has 0 aromatic heterocycles. The molecule has 0 aliphatic carbocycles. The quantitative estimate of drug-likeness (QED) is 0.771. The zero-order chi connectivity index (χ0) is 19.4. The Morgan fingerprint density at radius 1 is 1.19 bits per heavy atom. The van der Waals surface area contributed by atoms with E-state index < -0.39 is 6.10 Å². The lowest BCUT2D eigenvalue weighted by Crippen LogP contribution is -2.35. The monoisotopic (exact) mass is 369 g/mol. The van der Waals surface area contributed by atoms with Gasteiger partial charge in [0.15, 0.2) is 0 Å². The van der Waals surface area contributed by atoms with Gasteiger partial charge in [-0.25, -0.2) is 0 Å². The molecule has 1 aliphatic rings. The zero-order valence-electron chi connectivity index (χ0n) is 16.7. The van der Waals surface area contributed by atoms with Crippen LogP contribution in [0, 0.1) is 0 Å². The fraction of sp³-hybridized carbons (Fsp3) is 0.478. The fourth-order valence-corrected chi connectivity index (χ4v) is 3.53.